The summed E-state index contributed by atoms with van der Waals surface area (Å²) in [4.78, 5) is 32.2. The molecule has 292 valence electrons. The number of fused-ring (bicyclic) bond motifs is 6. The molecule has 3 aromatic rings. The van der Waals surface area contributed by atoms with Gasteiger partial charge in [-0.2, -0.15) is 23.1 Å². The van der Waals surface area contributed by atoms with Crippen molar-refractivity contribution in [2.75, 3.05) is 36.9 Å². The first-order valence-electron chi connectivity index (χ1n) is 17.7. The smallest absolute Gasteiger partial charge is 0.420 e. The van der Waals surface area contributed by atoms with Crippen molar-refractivity contribution in [3.8, 4) is 23.1 Å². The Labute approximate surface area is 309 Å². The summed E-state index contributed by atoms with van der Waals surface area (Å²) in [6, 6.07) is -1.91. The lowest BCUT2D eigenvalue weighted by Gasteiger charge is -2.48. The minimum Gasteiger partial charge on any atom is -0.472 e. The van der Waals surface area contributed by atoms with Crippen molar-refractivity contribution in [3.63, 3.8) is 0 Å². The van der Waals surface area contributed by atoms with Crippen LogP contribution in [-0.2, 0) is 10.9 Å². The molecular weight excluding hydrogens is 751 g/mol. The van der Waals surface area contributed by atoms with E-state index in [2.05, 4.69) is 9.97 Å². The lowest BCUT2D eigenvalue weighted by atomic mass is 9.95. The minimum absolute atomic E-state index is 0.0669. The fraction of sp³-hybridized carbons (Fsp3) is 0.600. The highest BCUT2D eigenvalue weighted by Gasteiger charge is 2.55. The third-order valence-electron chi connectivity index (χ3n) is 11.2. The average molecular weight is 788 g/mol. The van der Waals surface area contributed by atoms with E-state index >= 15 is 8.78 Å². The molecule has 11 nitrogen and oxygen atoms in total. The number of hydrogen-bond donors (Lipinski definition) is 1. The number of pyridine rings is 1. The van der Waals surface area contributed by atoms with Gasteiger partial charge >= 0.3 is 18.3 Å². The van der Waals surface area contributed by atoms with E-state index in [1.54, 1.807) is 32.6 Å². The molecule has 4 fully saturated rings. The zero-order valence-corrected chi connectivity index (χ0v) is 30.4. The normalized spacial score (nSPS) is 27.9. The molecule has 6 atom stereocenters. The molecule has 2 aromatic heterocycles. The lowest BCUT2D eigenvalue weighted by molar-refractivity contribution is -0.139. The second-order valence-corrected chi connectivity index (χ2v) is 16.1. The molecule has 5 aliphatic heterocycles. The largest absolute Gasteiger partial charge is 0.472 e. The molecule has 2 bridgehead atoms. The number of benzene rings is 1. The molecule has 1 amide bonds. The number of nitrogens with zero attached hydrogens (tertiary/aromatic N) is 6. The van der Waals surface area contributed by atoms with Crippen molar-refractivity contribution in [1.29, 1.82) is 0 Å². The zero-order chi connectivity index (χ0) is 38.8. The van der Waals surface area contributed by atoms with Gasteiger partial charge in [0.1, 0.15) is 52.5 Å². The van der Waals surface area contributed by atoms with Gasteiger partial charge in [0.2, 0.25) is 5.88 Å². The van der Waals surface area contributed by atoms with Crippen LogP contribution in [0.5, 0.6) is 11.9 Å². The summed E-state index contributed by atoms with van der Waals surface area (Å²) in [6.45, 7) is 7.87. The lowest BCUT2D eigenvalue weighted by Crippen LogP contribution is -2.65. The van der Waals surface area contributed by atoms with Crippen molar-refractivity contribution in [3.05, 3.63) is 28.0 Å². The van der Waals surface area contributed by atoms with Crippen LogP contribution < -0.4 is 20.1 Å². The van der Waals surface area contributed by atoms with E-state index in [9.17, 15) is 26.7 Å². The third kappa shape index (κ3) is 5.72. The summed E-state index contributed by atoms with van der Waals surface area (Å²) in [5.74, 6) is -6.30. The summed E-state index contributed by atoms with van der Waals surface area (Å²) >= 11 is 6.16. The molecule has 54 heavy (non-hydrogen) atoms. The van der Waals surface area contributed by atoms with Gasteiger partial charge in [0.05, 0.1) is 34.4 Å². The monoisotopic (exact) mass is 787 g/mol. The number of carbonyl (C=O) groups excluding carboxylic acids is 1. The number of nitrogen functional groups attached to an aromatic ring is 1. The molecule has 0 aliphatic carbocycles. The topological polar surface area (TPSA) is 119 Å². The maximum Gasteiger partial charge on any atom is 0.420 e. The van der Waals surface area contributed by atoms with E-state index in [1.807, 2.05) is 9.80 Å². The molecule has 0 spiro atoms. The summed E-state index contributed by atoms with van der Waals surface area (Å²) in [7, 11) is 0. The van der Waals surface area contributed by atoms with Crippen molar-refractivity contribution in [2.45, 2.75) is 108 Å². The summed E-state index contributed by atoms with van der Waals surface area (Å²) in [5.41, 5.74) is -2.41. The van der Waals surface area contributed by atoms with Crippen molar-refractivity contribution in [1.82, 2.24) is 24.8 Å². The maximum absolute atomic E-state index is 17.0. The Bertz CT molecular complexity index is 2070. The number of ether oxygens (including phenoxy) is 3. The molecule has 0 radical (unpaired) electrons. The Hall–Kier alpha value is -4.06. The quantitative estimate of drug-likeness (QED) is 0.167. The van der Waals surface area contributed by atoms with Crippen LogP contribution in [0.15, 0.2) is 0 Å². The Kier molecular flexibility index (Phi) is 8.53. The molecule has 19 heteroatoms. The molecule has 0 unspecified atom stereocenters. The molecule has 1 aromatic carbocycles. The number of halogens is 8. The maximum atomic E-state index is 17.0. The Morgan fingerprint density at radius 2 is 1.81 bits per heavy atom. The van der Waals surface area contributed by atoms with E-state index in [1.165, 1.54) is 0 Å². The second-order valence-electron chi connectivity index (χ2n) is 15.8. The Morgan fingerprint density at radius 1 is 1.07 bits per heavy atom. The molecular formula is C35H37ClF7N7O4. The van der Waals surface area contributed by atoms with Crippen LogP contribution in [0, 0.1) is 17.5 Å². The van der Waals surface area contributed by atoms with E-state index in [0.717, 1.165) is 6.42 Å². The Balaban J connectivity index is 1.32. The SMILES string of the molecule is C[C@@H]1Oc2nc(-c3c(Cl)c(N)c(F)c(F)c3C(F)(F)F)c(F)c3nc(OC[C@@]45CCCN4C[C@H](F)C5)nc(c23)N2C[C@H]3CC[C@@H]([C@@H]12)N3C(=O)OC(C)(C)C. The first-order valence-corrected chi connectivity index (χ1v) is 18.1. The van der Waals surface area contributed by atoms with E-state index in [-0.39, 0.29) is 49.4 Å². The zero-order valence-electron chi connectivity index (χ0n) is 29.7. The first-order chi connectivity index (χ1) is 25.3. The van der Waals surface area contributed by atoms with Gasteiger partial charge in [-0.05, 0) is 59.9 Å². The standard InChI is InChI=1S/C35H37ClF7N7O4/c1-14-28-17-7-6-16(50(17)32(51)54-33(2,3)4)12-49(28)29-19-27(46-31(47-29)52-13-34-8-5-9-48(34)11-15(37)10-34)24(40)26(45-30(19)53-14)18-20(35(41,42)43)22(38)23(39)25(44)21(18)36/h14-17,28H,5-13,44H2,1-4H3/t14-,15+,16+,17-,28+,34-/m0/s1. The number of piperazine rings is 1. The Morgan fingerprint density at radius 3 is 2.52 bits per heavy atom. The number of hydrogen-bond acceptors (Lipinski definition) is 10. The number of anilines is 2. The highest BCUT2D eigenvalue weighted by molar-refractivity contribution is 6.36. The molecule has 7 heterocycles. The summed E-state index contributed by atoms with van der Waals surface area (Å²) in [6.07, 6.45) is -5.34. The highest BCUT2D eigenvalue weighted by atomic mass is 35.5. The molecule has 8 rings (SSSR count). The summed E-state index contributed by atoms with van der Waals surface area (Å²) < 4.78 is 123. The van der Waals surface area contributed by atoms with E-state index in [4.69, 9.17) is 36.5 Å². The second kappa shape index (κ2) is 12.5. The van der Waals surface area contributed by atoms with Gasteiger partial charge in [-0.15, -0.1) is 0 Å². The van der Waals surface area contributed by atoms with E-state index in [0.29, 0.717) is 25.8 Å². The predicted octanol–water partition coefficient (Wildman–Crippen LogP) is 7.06. The number of amides is 1. The van der Waals surface area contributed by atoms with Gasteiger partial charge in [0, 0.05) is 25.1 Å². The van der Waals surface area contributed by atoms with Crippen LogP contribution in [0.4, 0.5) is 47.0 Å². The van der Waals surface area contributed by atoms with Crippen molar-refractivity contribution >= 4 is 40.1 Å². The molecule has 4 saturated heterocycles. The number of nitrogens with two attached hydrogens (primary N) is 1. The molecule has 0 saturated carbocycles. The van der Waals surface area contributed by atoms with Gasteiger partial charge in [-0.25, -0.2) is 27.3 Å². The summed E-state index contributed by atoms with van der Waals surface area (Å²) in [5, 5.41) is -1.26. The van der Waals surface area contributed by atoms with Gasteiger partial charge in [0.25, 0.3) is 0 Å². The predicted molar refractivity (Wildman–Crippen MR) is 182 cm³/mol. The minimum atomic E-state index is -5.58. The van der Waals surface area contributed by atoms with Crippen LogP contribution in [0.3, 0.4) is 0 Å². The number of alkyl halides is 4. The molecule has 2 N–H and O–H groups in total. The first kappa shape index (κ1) is 36.9. The van der Waals surface area contributed by atoms with Crippen molar-refractivity contribution in [2.24, 2.45) is 0 Å². The third-order valence-corrected chi connectivity index (χ3v) is 11.6. The number of rotatable bonds is 4. The van der Waals surface area contributed by atoms with Crippen LogP contribution in [0.2, 0.25) is 5.02 Å². The fourth-order valence-corrected chi connectivity index (χ4v) is 9.33. The molecule has 5 aliphatic rings. The average Bonchev–Trinajstić information content (AvgIpc) is 3.69. The van der Waals surface area contributed by atoms with Crippen molar-refractivity contribution < 1.29 is 49.7 Å². The van der Waals surface area contributed by atoms with Crippen LogP contribution in [-0.4, -0.2) is 98.6 Å². The van der Waals surface area contributed by atoms with Gasteiger partial charge < -0.3 is 24.8 Å². The van der Waals surface area contributed by atoms with Crippen LogP contribution in [0.25, 0.3) is 22.2 Å². The van der Waals surface area contributed by atoms with Crippen LogP contribution in [0.1, 0.15) is 65.4 Å². The van der Waals surface area contributed by atoms with Crippen LogP contribution >= 0.6 is 11.6 Å². The number of carbonyl (C=O) groups is 1. The highest BCUT2D eigenvalue weighted by Crippen LogP contribution is 2.51. The van der Waals surface area contributed by atoms with Gasteiger partial charge in [0.15, 0.2) is 17.5 Å². The van der Waals surface area contributed by atoms with Gasteiger partial charge in [-0.1, -0.05) is 11.6 Å². The fourth-order valence-electron chi connectivity index (χ4n) is 9.06. The number of aromatic nitrogens is 3. The van der Waals surface area contributed by atoms with Gasteiger partial charge in [-0.3, -0.25) is 9.80 Å². The van der Waals surface area contributed by atoms with E-state index < -0.39 is 104 Å².